The van der Waals surface area contributed by atoms with Gasteiger partial charge in [-0.05, 0) is 37.1 Å². The van der Waals surface area contributed by atoms with Crippen LogP contribution in [0.15, 0.2) is 46.9 Å². The molecule has 20 heavy (non-hydrogen) atoms. The molecule has 0 amide bonds. The van der Waals surface area contributed by atoms with Gasteiger partial charge in [-0.1, -0.05) is 46.3 Å². The fourth-order valence-electron chi connectivity index (χ4n) is 2.15. The van der Waals surface area contributed by atoms with E-state index in [-0.39, 0.29) is 6.04 Å². The molecule has 0 saturated heterocycles. The number of para-hydroxylation sites is 1. The van der Waals surface area contributed by atoms with Gasteiger partial charge in [-0.25, -0.2) is 0 Å². The average molecular weight is 334 g/mol. The second-order valence-corrected chi connectivity index (χ2v) is 5.78. The lowest BCUT2D eigenvalue weighted by atomic mass is 10.1. The van der Waals surface area contributed by atoms with Crippen LogP contribution in [0.25, 0.3) is 0 Å². The molecular weight excluding hydrogens is 314 g/mol. The van der Waals surface area contributed by atoms with E-state index in [1.807, 2.05) is 18.2 Å². The van der Waals surface area contributed by atoms with Gasteiger partial charge in [0.25, 0.3) is 0 Å². The highest BCUT2D eigenvalue weighted by Crippen LogP contribution is 2.25. The summed E-state index contributed by atoms with van der Waals surface area (Å²) < 4.78 is 6.56. The number of ether oxygens (including phenoxy) is 1. The lowest BCUT2D eigenvalue weighted by molar-refractivity contribution is 0.401. The molecule has 0 fully saturated rings. The van der Waals surface area contributed by atoms with Crippen LogP contribution in [0, 0.1) is 6.92 Å². The predicted molar refractivity (Wildman–Crippen MR) is 87.1 cm³/mol. The zero-order valence-electron chi connectivity index (χ0n) is 12.1. The fourth-order valence-corrected chi connectivity index (χ4v) is 2.58. The second kappa shape index (κ2) is 6.91. The third-order valence-electron chi connectivity index (χ3n) is 3.45. The van der Waals surface area contributed by atoms with Crippen LogP contribution in [0.3, 0.4) is 0 Å². The van der Waals surface area contributed by atoms with Gasteiger partial charge in [-0.3, -0.25) is 0 Å². The molecule has 2 rings (SSSR count). The first-order chi connectivity index (χ1) is 9.61. The van der Waals surface area contributed by atoms with Crippen molar-refractivity contribution in [3.8, 4) is 5.75 Å². The first-order valence-electron chi connectivity index (χ1n) is 6.73. The minimum Gasteiger partial charge on any atom is -0.496 e. The number of hydrogen-bond donors (Lipinski definition) is 1. The fraction of sp³-hybridized carbons (Fsp3) is 0.294. The van der Waals surface area contributed by atoms with E-state index < -0.39 is 0 Å². The van der Waals surface area contributed by atoms with E-state index >= 15 is 0 Å². The molecule has 2 nitrogen and oxygen atoms in total. The normalized spacial score (nSPS) is 12.2. The van der Waals surface area contributed by atoms with Crippen LogP contribution in [0.1, 0.15) is 29.7 Å². The molecule has 0 heterocycles. The van der Waals surface area contributed by atoms with E-state index in [4.69, 9.17) is 4.74 Å². The van der Waals surface area contributed by atoms with Crippen molar-refractivity contribution in [3.63, 3.8) is 0 Å². The van der Waals surface area contributed by atoms with E-state index in [0.717, 1.165) is 16.8 Å². The van der Waals surface area contributed by atoms with Crippen LogP contribution in [0.5, 0.6) is 5.75 Å². The molecule has 0 radical (unpaired) electrons. The molecular formula is C17H20BrNO. The van der Waals surface area contributed by atoms with E-state index in [1.165, 1.54) is 16.7 Å². The summed E-state index contributed by atoms with van der Waals surface area (Å²) in [7, 11) is 1.71. The molecule has 3 heteroatoms. The maximum atomic E-state index is 5.41. The topological polar surface area (TPSA) is 21.3 Å². The third kappa shape index (κ3) is 3.62. The summed E-state index contributed by atoms with van der Waals surface area (Å²) >= 11 is 3.57. The van der Waals surface area contributed by atoms with E-state index in [2.05, 4.69) is 59.4 Å². The van der Waals surface area contributed by atoms with Crippen molar-refractivity contribution >= 4 is 15.9 Å². The van der Waals surface area contributed by atoms with Crippen LogP contribution in [0.4, 0.5) is 0 Å². The van der Waals surface area contributed by atoms with Gasteiger partial charge in [-0.2, -0.15) is 0 Å². The Labute approximate surface area is 129 Å². The monoisotopic (exact) mass is 333 g/mol. The first kappa shape index (κ1) is 15.1. The van der Waals surface area contributed by atoms with Crippen molar-refractivity contribution in [3.05, 3.63) is 63.6 Å². The van der Waals surface area contributed by atoms with Crippen molar-refractivity contribution in [1.29, 1.82) is 0 Å². The highest BCUT2D eigenvalue weighted by atomic mass is 79.9. The Morgan fingerprint density at radius 3 is 2.65 bits per heavy atom. The molecule has 0 unspecified atom stereocenters. The predicted octanol–water partition coefficient (Wildman–Crippen LogP) is 4.62. The van der Waals surface area contributed by atoms with Crippen LogP contribution in [-0.4, -0.2) is 7.11 Å². The van der Waals surface area contributed by atoms with Gasteiger partial charge in [0.2, 0.25) is 0 Å². The minimum atomic E-state index is 0.242. The van der Waals surface area contributed by atoms with Crippen molar-refractivity contribution in [2.75, 3.05) is 7.11 Å². The van der Waals surface area contributed by atoms with Gasteiger partial charge >= 0.3 is 0 Å². The Morgan fingerprint density at radius 1 is 1.20 bits per heavy atom. The zero-order valence-corrected chi connectivity index (χ0v) is 13.7. The van der Waals surface area contributed by atoms with Gasteiger partial charge in [0.1, 0.15) is 5.75 Å². The highest BCUT2D eigenvalue weighted by Gasteiger charge is 2.10. The molecule has 0 aromatic heterocycles. The molecule has 0 bridgehead atoms. The molecule has 0 aliphatic carbocycles. The Kier molecular flexibility index (Phi) is 5.21. The maximum Gasteiger partial charge on any atom is 0.123 e. The second-order valence-electron chi connectivity index (χ2n) is 4.93. The van der Waals surface area contributed by atoms with Gasteiger partial charge in [-0.15, -0.1) is 0 Å². The molecule has 0 aliphatic rings. The van der Waals surface area contributed by atoms with Gasteiger partial charge in [0.05, 0.1) is 7.11 Å². The Morgan fingerprint density at radius 2 is 1.95 bits per heavy atom. The summed E-state index contributed by atoms with van der Waals surface area (Å²) in [6.07, 6.45) is 0. The largest absolute Gasteiger partial charge is 0.496 e. The molecule has 2 aromatic carbocycles. The number of benzene rings is 2. The summed E-state index contributed by atoms with van der Waals surface area (Å²) in [5.41, 5.74) is 3.71. The Hall–Kier alpha value is -1.32. The number of rotatable bonds is 5. The quantitative estimate of drug-likeness (QED) is 0.862. The highest BCUT2D eigenvalue weighted by molar-refractivity contribution is 9.10. The molecule has 106 valence electrons. The number of nitrogens with one attached hydrogen (secondary N) is 1. The summed E-state index contributed by atoms with van der Waals surface area (Å²) in [5, 5.41) is 3.54. The van der Waals surface area contributed by atoms with E-state index in [1.54, 1.807) is 7.11 Å². The smallest absolute Gasteiger partial charge is 0.123 e. The molecule has 0 aliphatic heterocycles. The van der Waals surface area contributed by atoms with Gasteiger partial charge < -0.3 is 10.1 Å². The molecule has 0 saturated carbocycles. The SMILES string of the molecule is COc1ccccc1[C@H](C)NCc1ccc(C)c(Br)c1. The number of methoxy groups -OCH3 is 1. The third-order valence-corrected chi connectivity index (χ3v) is 4.31. The van der Waals surface area contributed by atoms with E-state index in [0.29, 0.717) is 0 Å². The van der Waals surface area contributed by atoms with Gasteiger partial charge in [0, 0.05) is 22.6 Å². The summed E-state index contributed by atoms with van der Waals surface area (Å²) in [5.74, 6) is 0.928. The lowest BCUT2D eigenvalue weighted by Gasteiger charge is -2.17. The van der Waals surface area contributed by atoms with Crippen molar-refractivity contribution < 1.29 is 4.74 Å². The molecule has 0 spiro atoms. The summed E-state index contributed by atoms with van der Waals surface area (Å²) in [6, 6.07) is 14.8. The lowest BCUT2D eigenvalue weighted by Crippen LogP contribution is -2.18. The number of halogens is 1. The standard InChI is InChI=1S/C17H20BrNO/c1-12-8-9-14(10-16(12)18)11-19-13(2)15-6-4-5-7-17(15)20-3/h4-10,13,19H,11H2,1-3H3/t13-/m0/s1. The van der Waals surface area contributed by atoms with Crippen molar-refractivity contribution in [1.82, 2.24) is 5.32 Å². The summed E-state index contributed by atoms with van der Waals surface area (Å²) in [6.45, 7) is 5.08. The summed E-state index contributed by atoms with van der Waals surface area (Å²) in [4.78, 5) is 0. The van der Waals surface area contributed by atoms with Crippen LogP contribution in [0.2, 0.25) is 0 Å². The Bertz CT molecular complexity index is 583. The molecule has 1 atom stereocenters. The molecule has 2 aromatic rings. The maximum absolute atomic E-state index is 5.41. The van der Waals surface area contributed by atoms with Crippen LogP contribution in [-0.2, 0) is 6.54 Å². The number of aryl methyl sites for hydroxylation is 1. The van der Waals surface area contributed by atoms with Crippen LogP contribution >= 0.6 is 15.9 Å². The molecule has 1 N–H and O–H groups in total. The van der Waals surface area contributed by atoms with Gasteiger partial charge in [0.15, 0.2) is 0 Å². The van der Waals surface area contributed by atoms with E-state index in [9.17, 15) is 0 Å². The number of hydrogen-bond acceptors (Lipinski definition) is 2. The average Bonchev–Trinajstić information content (AvgIpc) is 2.48. The van der Waals surface area contributed by atoms with Crippen LogP contribution < -0.4 is 10.1 Å². The first-order valence-corrected chi connectivity index (χ1v) is 7.52. The minimum absolute atomic E-state index is 0.242. The Balaban J connectivity index is 2.04. The zero-order chi connectivity index (χ0) is 14.5. The van der Waals surface area contributed by atoms with Crippen molar-refractivity contribution in [2.45, 2.75) is 26.4 Å². The van der Waals surface area contributed by atoms with Crippen molar-refractivity contribution in [2.24, 2.45) is 0 Å².